The van der Waals surface area contributed by atoms with Crippen LogP contribution in [-0.4, -0.2) is 22.6 Å². The molecule has 0 aliphatic carbocycles. The van der Waals surface area contributed by atoms with Gasteiger partial charge in [-0.25, -0.2) is 0 Å². The number of carbonyl (C=O) groups is 1. The first kappa shape index (κ1) is 14.5. The molecule has 0 radical (unpaired) electrons. The smallest absolute Gasteiger partial charge is 0.387 e. The number of Topliss-reactive ketones (excluding diaryl/α,β-unsaturated/α-hetero) is 1. The molecule has 0 aromatic heterocycles. The Kier molecular flexibility index (Phi) is 5.14. The zero-order valence-electron chi connectivity index (χ0n) is 8.94. The van der Waals surface area contributed by atoms with Crippen molar-refractivity contribution in [3.05, 3.63) is 33.9 Å². The monoisotopic (exact) mass is 323 g/mol. The molecule has 1 aromatic rings. The van der Waals surface area contributed by atoms with Crippen LogP contribution in [0.4, 0.5) is 14.5 Å². The van der Waals surface area contributed by atoms with Gasteiger partial charge in [0.15, 0.2) is 5.78 Å². The van der Waals surface area contributed by atoms with Crippen molar-refractivity contribution in [2.75, 3.05) is 5.33 Å². The number of nitrogens with zero attached hydrogens (tertiary/aromatic N) is 1. The zero-order valence-corrected chi connectivity index (χ0v) is 10.5. The van der Waals surface area contributed by atoms with Crippen molar-refractivity contribution in [2.45, 2.75) is 13.0 Å². The quantitative estimate of drug-likeness (QED) is 0.349. The van der Waals surface area contributed by atoms with Crippen LogP contribution in [0.15, 0.2) is 18.2 Å². The highest BCUT2D eigenvalue weighted by molar-refractivity contribution is 9.09. The summed E-state index contributed by atoms with van der Waals surface area (Å²) in [6.07, 6.45) is 0.159. The highest BCUT2D eigenvalue weighted by Gasteiger charge is 2.20. The van der Waals surface area contributed by atoms with Gasteiger partial charge in [-0.2, -0.15) is 8.78 Å². The standard InChI is InChI=1S/C10H8BrF2NO4/c11-4-3-8(15)6-1-2-7(14(16)17)9(5-6)18-10(12)13/h1-2,5,10H,3-4H2. The number of ether oxygens (including phenoxy) is 1. The fraction of sp³-hybridized carbons (Fsp3) is 0.300. The largest absolute Gasteiger partial charge is 0.427 e. The highest BCUT2D eigenvalue weighted by atomic mass is 79.9. The molecule has 0 saturated carbocycles. The molecule has 1 rings (SSSR count). The summed E-state index contributed by atoms with van der Waals surface area (Å²) in [4.78, 5) is 21.3. The third-order valence-electron chi connectivity index (χ3n) is 2.02. The number of rotatable bonds is 6. The van der Waals surface area contributed by atoms with E-state index in [1.165, 1.54) is 6.07 Å². The zero-order chi connectivity index (χ0) is 13.7. The molecule has 0 fully saturated rings. The second-order valence-electron chi connectivity index (χ2n) is 3.18. The molecule has 18 heavy (non-hydrogen) atoms. The molecular weight excluding hydrogens is 316 g/mol. The van der Waals surface area contributed by atoms with Gasteiger partial charge in [-0.1, -0.05) is 15.9 Å². The number of hydrogen-bond donors (Lipinski definition) is 0. The average Bonchev–Trinajstić information content (AvgIpc) is 2.28. The van der Waals surface area contributed by atoms with Crippen LogP contribution in [0.2, 0.25) is 0 Å². The van der Waals surface area contributed by atoms with Gasteiger partial charge in [0, 0.05) is 23.4 Å². The summed E-state index contributed by atoms with van der Waals surface area (Å²) >= 11 is 3.06. The molecule has 0 N–H and O–H groups in total. The Morgan fingerprint density at radius 2 is 2.17 bits per heavy atom. The lowest BCUT2D eigenvalue weighted by molar-refractivity contribution is -0.386. The number of nitro benzene ring substituents is 1. The SMILES string of the molecule is O=C(CCBr)c1ccc([N+](=O)[O-])c(OC(F)F)c1. The van der Waals surface area contributed by atoms with Crippen LogP contribution in [0, 0.1) is 10.1 Å². The maximum absolute atomic E-state index is 12.1. The van der Waals surface area contributed by atoms with Gasteiger partial charge in [-0.05, 0) is 12.1 Å². The predicted molar refractivity (Wildman–Crippen MR) is 62.5 cm³/mol. The first-order valence-corrected chi connectivity index (χ1v) is 5.90. The third kappa shape index (κ3) is 3.73. The molecule has 98 valence electrons. The lowest BCUT2D eigenvalue weighted by Crippen LogP contribution is -2.07. The highest BCUT2D eigenvalue weighted by Crippen LogP contribution is 2.29. The second-order valence-corrected chi connectivity index (χ2v) is 3.97. The molecule has 8 heteroatoms. The summed E-state index contributed by atoms with van der Waals surface area (Å²) < 4.78 is 28.3. The number of alkyl halides is 3. The van der Waals surface area contributed by atoms with Gasteiger partial charge in [0.2, 0.25) is 5.75 Å². The van der Waals surface area contributed by atoms with E-state index in [9.17, 15) is 23.7 Å². The molecule has 1 aromatic carbocycles. The normalized spacial score (nSPS) is 10.4. The van der Waals surface area contributed by atoms with E-state index in [1.54, 1.807) is 0 Å². The number of nitro groups is 1. The van der Waals surface area contributed by atoms with Crippen molar-refractivity contribution in [1.29, 1.82) is 0 Å². The second kappa shape index (κ2) is 6.39. The van der Waals surface area contributed by atoms with E-state index in [0.717, 1.165) is 12.1 Å². The Labute approximate surface area is 109 Å². The number of hydrogen-bond acceptors (Lipinski definition) is 4. The van der Waals surface area contributed by atoms with Gasteiger partial charge in [-0.3, -0.25) is 14.9 Å². The predicted octanol–water partition coefficient (Wildman–Crippen LogP) is 3.16. The summed E-state index contributed by atoms with van der Waals surface area (Å²) in [5, 5.41) is 11.0. The van der Waals surface area contributed by atoms with Crippen molar-refractivity contribution in [1.82, 2.24) is 0 Å². The Hall–Kier alpha value is -1.57. The van der Waals surface area contributed by atoms with Crippen LogP contribution in [0.25, 0.3) is 0 Å². The number of halogens is 3. The Morgan fingerprint density at radius 1 is 1.50 bits per heavy atom. The lowest BCUT2D eigenvalue weighted by Gasteiger charge is -2.06. The van der Waals surface area contributed by atoms with Crippen LogP contribution >= 0.6 is 15.9 Å². The average molecular weight is 324 g/mol. The fourth-order valence-electron chi connectivity index (χ4n) is 1.26. The molecule has 0 aliphatic rings. The van der Waals surface area contributed by atoms with Crippen molar-refractivity contribution in [3.8, 4) is 5.75 Å². The first-order chi connectivity index (χ1) is 8.45. The Bertz CT molecular complexity index is 467. The van der Waals surface area contributed by atoms with E-state index in [-0.39, 0.29) is 17.8 Å². The van der Waals surface area contributed by atoms with Crippen molar-refractivity contribution < 1.29 is 23.2 Å². The molecule has 0 unspecified atom stereocenters. The molecule has 0 spiro atoms. The maximum atomic E-state index is 12.1. The van der Waals surface area contributed by atoms with Gasteiger partial charge >= 0.3 is 12.3 Å². The minimum absolute atomic E-state index is 0.0932. The molecule has 0 bridgehead atoms. The van der Waals surface area contributed by atoms with Gasteiger partial charge < -0.3 is 4.74 Å². The van der Waals surface area contributed by atoms with E-state index in [0.29, 0.717) is 5.33 Å². The summed E-state index contributed by atoms with van der Waals surface area (Å²) in [6.45, 7) is -3.19. The topological polar surface area (TPSA) is 69.4 Å². The molecule has 5 nitrogen and oxygen atoms in total. The number of carbonyl (C=O) groups excluding carboxylic acids is 1. The summed E-state index contributed by atoms with van der Waals surface area (Å²) in [6, 6.07) is 3.13. The van der Waals surface area contributed by atoms with Crippen molar-refractivity contribution in [2.24, 2.45) is 0 Å². The van der Waals surface area contributed by atoms with E-state index in [2.05, 4.69) is 20.7 Å². The van der Waals surface area contributed by atoms with Crippen LogP contribution in [-0.2, 0) is 0 Å². The van der Waals surface area contributed by atoms with E-state index >= 15 is 0 Å². The molecule has 0 atom stereocenters. The lowest BCUT2D eigenvalue weighted by atomic mass is 10.1. The minimum Gasteiger partial charge on any atom is -0.427 e. The van der Waals surface area contributed by atoms with Crippen LogP contribution in [0.3, 0.4) is 0 Å². The van der Waals surface area contributed by atoms with Gasteiger partial charge in [0.1, 0.15) is 0 Å². The summed E-state index contributed by atoms with van der Waals surface area (Å²) in [5.74, 6) is -0.934. The fourth-order valence-corrected chi connectivity index (χ4v) is 1.62. The van der Waals surface area contributed by atoms with E-state index < -0.39 is 23.0 Å². The van der Waals surface area contributed by atoms with Crippen LogP contribution in [0.5, 0.6) is 5.75 Å². The van der Waals surface area contributed by atoms with Crippen LogP contribution in [0.1, 0.15) is 16.8 Å². The Balaban J connectivity index is 3.12. The summed E-state index contributed by atoms with van der Waals surface area (Å²) in [5.41, 5.74) is -0.513. The van der Waals surface area contributed by atoms with Gasteiger partial charge in [0.25, 0.3) is 0 Å². The minimum atomic E-state index is -3.19. The van der Waals surface area contributed by atoms with Crippen molar-refractivity contribution >= 4 is 27.4 Å². The third-order valence-corrected chi connectivity index (χ3v) is 2.41. The van der Waals surface area contributed by atoms with E-state index in [1.807, 2.05) is 0 Å². The Morgan fingerprint density at radius 3 is 2.67 bits per heavy atom. The van der Waals surface area contributed by atoms with Gasteiger partial charge in [0.05, 0.1) is 4.92 Å². The van der Waals surface area contributed by atoms with Crippen molar-refractivity contribution in [3.63, 3.8) is 0 Å². The number of benzene rings is 1. The first-order valence-electron chi connectivity index (χ1n) is 4.78. The van der Waals surface area contributed by atoms with E-state index in [4.69, 9.17) is 0 Å². The molecular formula is C10H8BrF2NO4. The maximum Gasteiger partial charge on any atom is 0.387 e. The molecule has 0 heterocycles. The van der Waals surface area contributed by atoms with Crippen LogP contribution < -0.4 is 4.74 Å². The molecule has 0 saturated heterocycles. The molecule has 0 aliphatic heterocycles. The molecule has 0 amide bonds. The summed E-state index contributed by atoms with van der Waals surface area (Å²) in [7, 11) is 0. The van der Waals surface area contributed by atoms with Gasteiger partial charge in [-0.15, -0.1) is 0 Å². The number of ketones is 1.